The van der Waals surface area contributed by atoms with Crippen LogP contribution in [0.25, 0.3) is 0 Å². The maximum absolute atomic E-state index is 9.13. The van der Waals surface area contributed by atoms with Crippen molar-refractivity contribution in [3.8, 4) is 11.8 Å². The minimum absolute atomic E-state index is 0.00405. The number of hydrogen-bond acceptors (Lipinski definition) is 2. The second kappa shape index (κ2) is 2.47. The average molecular weight is 271 g/mol. The molecule has 0 atom stereocenters. The van der Waals surface area contributed by atoms with Gasteiger partial charge in [0.25, 0.3) is 0 Å². The molecule has 0 aromatic carbocycles. The molecule has 0 bridgehead atoms. The van der Waals surface area contributed by atoms with Crippen LogP contribution in [-0.2, 0) is 7.05 Å². The summed E-state index contributed by atoms with van der Waals surface area (Å²) in [4.78, 5) is 0. The van der Waals surface area contributed by atoms with E-state index < -0.39 is 0 Å². The van der Waals surface area contributed by atoms with E-state index in [9.17, 15) is 0 Å². The molecule has 0 radical (unpaired) electrons. The molecule has 2 N–H and O–H groups in total. The van der Waals surface area contributed by atoms with Gasteiger partial charge < -0.3 is 10.2 Å². The normalized spacial score (nSPS) is 10.3. The van der Waals surface area contributed by atoms with E-state index in [-0.39, 0.29) is 11.8 Å². The first-order valence-electron chi connectivity index (χ1n) is 2.47. The summed E-state index contributed by atoms with van der Waals surface area (Å²) < 4.78 is 2.19. The zero-order valence-electron chi connectivity index (χ0n) is 5.10. The van der Waals surface area contributed by atoms with E-state index in [2.05, 4.69) is 31.9 Å². The molecule has 0 aliphatic heterocycles. The lowest BCUT2D eigenvalue weighted by Gasteiger charge is -1.94. The van der Waals surface area contributed by atoms with E-state index in [0.717, 1.165) is 0 Å². The molecule has 0 aliphatic rings. The largest absolute Gasteiger partial charge is 0.494 e. The number of nitrogens with zero attached hydrogens (tertiary/aromatic N) is 1. The van der Waals surface area contributed by atoms with Crippen LogP contribution in [0.3, 0.4) is 0 Å². The van der Waals surface area contributed by atoms with Gasteiger partial charge in [0, 0.05) is 7.05 Å². The maximum Gasteiger partial charge on any atom is 0.209 e. The van der Waals surface area contributed by atoms with Crippen LogP contribution < -0.4 is 0 Å². The van der Waals surface area contributed by atoms with Crippen LogP contribution in [0.5, 0.6) is 11.8 Å². The Kier molecular flexibility index (Phi) is 1.96. The maximum atomic E-state index is 9.13. The highest BCUT2D eigenvalue weighted by molar-refractivity contribution is 9.13. The number of rotatable bonds is 0. The molecular weight excluding hydrogens is 266 g/mol. The fourth-order valence-electron chi connectivity index (χ4n) is 0.591. The first-order valence-corrected chi connectivity index (χ1v) is 4.06. The monoisotopic (exact) mass is 269 g/mol. The Bertz CT molecular complexity index is 189. The third-order valence-electron chi connectivity index (χ3n) is 1.22. The van der Waals surface area contributed by atoms with Crippen LogP contribution in [0.15, 0.2) is 8.95 Å². The van der Waals surface area contributed by atoms with Gasteiger partial charge in [0.1, 0.15) is 0 Å². The fourth-order valence-corrected chi connectivity index (χ4v) is 1.48. The van der Waals surface area contributed by atoms with E-state index in [1.165, 1.54) is 4.57 Å². The van der Waals surface area contributed by atoms with Gasteiger partial charge in [-0.25, -0.2) is 0 Å². The fraction of sp³-hybridized carbons (Fsp3) is 0.200. The van der Waals surface area contributed by atoms with Crippen molar-refractivity contribution in [3.63, 3.8) is 0 Å². The summed E-state index contributed by atoms with van der Waals surface area (Å²) in [6.07, 6.45) is 0. The number of aromatic hydroxyl groups is 2. The predicted molar refractivity (Wildman–Crippen MR) is 44.1 cm³/mol. The van der Waals surface area contributed by atoms with Crippen LogP contribution in [0, 0.1) is 0 Å². The molecule has 1 aromatic rings. The lowest BCUT2D eigenvalue weighted by Crippen LogP contribution is -1.83. The van der Waals surface area contributed by atoms with Gasteiger partial charge in [-0.05, 0) is 31.9 Å². The molecule has 10 heavy (non-hydrogen) atoms. The summed E-state index contributed by atoms with van der Waals surface area (Å²) >= 11 is 6.15. The standard InChI is InChI=1S/C5H5Br2NO2/c1-8-4(9)2(6)3(7)5(8)10/h9-10H,1H3. The first kappa shape index (κ1) is 7.94. The topological polar surface area (TPSA) is 45.4 Å². The zero-order chi connectivity index (χ0) is 7.89. The number of halogens is 2. The molecule has 1 aromatic heterocycles. The van der Waals surface area contributed by atoms with Gasteiger partial charge in [-0.15, -0.1) is 0 Å². The molecule has 3 nitrogen and oxygen atoms in total. The van der Waals surface area contributed by atoms with Gasteiger partial charge >= 0.3 is 0 Å². The predicted octanol–water partition coefficient (Wildman–Crippen LogP) is 1.96. The Hall–Kier alpha value is -0.160. The molecule has 0 saturated heterocycles. The van der Waals surface area contributed by atoms with Gasteiger partial charge in [0.15, 0.2) is 0 Å². The zero-order valence-corrected chi connectivity index (χ0v) is 8.27. The molecular formula is C5H5Br2NO2. The second-order valence-corrected chi connectivity index (χ2v) is 3.42. The molecule has 0 spiro atoms. The summed E-state index contributed by atoms with van der Waals surface area (Å²) in [5.74, 6) is 0.00810. The summed E-state index contributed by atoms with van der Waals surface area (Å²) in [7, 11) is 1.56. The smallest absolute Gasteiger partial charge is 0.209 e. The van der Waals surface area contributed by atoms with E-state index >= 15 is 0 Å². The van der Waals surface area contributed by atoms with Gasteiger partial charge in [-0.2, -0.15) is 0 Å². The minimum atomic E-state index is 0.00405. The van der Waals surface area contributed by atoms with Crippen molar-refractivity contribution < 1.29 is 10.2 Å². The molecule has 1 heterocycles. The van der Waals surface area contributed by atoms with Crippen molar-refractivity contribution in [3.05, 3.63) is 8.95 Å². The van der Waals surface area contributed by atoms with Gasteiger partial charge in [-0.3, -0.25) is 4.57 Å². The molecule has 56 valence electrons. The average Bonchev–Trinajstić information content (AvgIpc) is 2.07. The molecule has 5 heteroatoms. The molecule has 0 saturated carbocycles. The van der Waals surface area contributed by atoms with E-state index in [1.807, 2.05) is 0 Å². The first-order chi connectivity index (χ1) is 4.55. The molecule has 0 fully saturated rings. The van der Waals surface area contributed by atoms with E-state index in [0.29, 0.717) is 8.95 Å². The second-order valence-electron chi connectivity index (χ2n) is 1.83. The van der Waals surface area contributed by atoms with Crippen molar-refractivity contribution >= 4 is 31.9 Å². The molecule has 0 aliphatic carbocycles. The van der Waals surface area contributed by atoms with Gasteiger partial charge in [-0.1, -0.05) is 0 Å². The summed E-state index contributed by atoms with van der Waals surface area (Å²) in [5.41, 5.74) is 0. The summed E-state index contributed by atoms with van der Waals surface area (Å²) in [6, 6.07) is 0. The van der Waals surface area contributed by atoms with Gasteiger partial charge in [0.05, 0.1) is 8.95 Å². The molecule has 0 amide bonds. The third kappa shape index (κ3) is 0.932. The number of hydrogen-bond donors (Lipinski definition) is 2. The minimum Gasteiger partial charge on any atom is -0.494 e. The van der Waals surface area contributed by atoms with Gasteiger partial charge in [0.2, 0.25) is 11.8 Å². The highest BCUT2D eigenvalue weighted by Gasteiger charge is 2.14. The van der Waals surface area contributed by atoms with Crippen molar-refractivity contribution in [1.29, 1.82) is 0 Å². The Morgan fingerprint density at radius 3 is 1.50 bits per heavy atom. The van der Waals surface area contributed by atoms with Crippen molar-refractivity contribution in [2.45, 2.75) is 0 Å². The quantitative estimate of drug-likeness (QED) is 0.757. The molecule has 0 unspecified atom stereocenters. The Balaban J connectivity index is 3.44. The number of aromatic nitrogens is 1. The highest BCUT2D eigenvalue weighted by Crippen LogP contribution is 2.40. The SMILES string of the molecule is Cn1c(O)c(Br)c(Br)c1O. The summed E-state index contributed by atoms with van der Waals surface area (Å²) in [6.45, 7) is 0. The third-order valence-corrected chi connectivity index (χ3v) is 3.26. The van der Waals surface area contributed by atoms with Crippen LogP contribution in [-0.4, -0.2) is 14.8 Å². The lowest BCUT2D eigenvalue weighted by molar-refractivity contribution is 0.385. The van der Waals surface area contributed by atoms with Crippen LogP contribution in [0.4, 0.5) is 0 Å². The Labute approximate surface area is 74.5 Å². The molecule has 1 rings (SSSR count). The van der Waals surface area contributed by atoms with Crippen molar-refractivity contribution in [1.82, 2.24) is 4.57 Å². The Morgan fingerprint density at radius 2 is 1.40 bits per heavy atom. The van der Waals surface area contributed by atoms with E-state index in [1.54, 1.807) is 7.05 Å². The van der Waals surface area contributed by atoms with Crippen molar-refractivity contribution in [2.24, 2.45) is 7.05 Å². The van der Waals surface area contributed by atoms with Crippen molar-refractivity contribution in [2.75, 3.05) is 0 Å². The lowest BCUT2D eigenvalue weighted by atomic mass is 10.6. The van der Waals surface area contributed by atoms with Crippen LogP contribution in [0.2, 0.25) is 0 Å². The van der Waals surface area contributed by atoms with Crippen LogP contribution >= 0.6 is 31.9 Å². The highest BCUT2D eigenvalue weighted by atomic mass is 79.9. The summed E-state index contributed by atoms with van der Waals surface area (Å²) in [5, 5.41) is 18.3. The Morgan fingerprint density at radius 1 is 1.10 bits per heavy atom. The van der Waals surface area contributed by atoms with Crippen LogP contribution in [0.1, 0.15) is 0 Å². The van der Waals surface area contributed by atoms with E-state index in [4.69, 9.17) is 10.2 Å².